The van der Waals surface area contributed by atoms with Gasteiger partial charge < -0.3 is 40.9 Å². The Balaban J connectivity index is 0.000000120. The molecule has 0 bridgehead atoms. The molecule has 0 radical (unpaired) electrons. The summed E-state index contributed by atoms with van der Waals surface area (Å²) in [6, 6.07) is 9.06. The molecule has 3 saturated carbocycles. The highest BCUT2D eigenvalue weighted by atomic mass is 16.3. The molecule has 0 spiro atoms. The molecule has 3 aliphatic rings. The Labute approximate surface area is 696 Å². The van der Waals surface area contributed by atoms with Crippen LogP contribution in [0.1, 0.15) is 149 Å². The second-order valence-electron chi connectivity index (χ2n) is 32.8. The highest BCUT2D eigenvalue weighted by Crippen LogP contribution is 2.46. The van der Waals surface area contributed by atoms with Gasteiger partial charge in [-0.3, -0.25) is 37.5 Å². The summed E-state index contributed by atoms with van der Waals surface area (Å²) in [4.78, 5) is 19.6. The molecule has 8 N–H and O–H groups in total. The lowest BCUT2D eigenvalue weighted by Crippen LogP contribution is -2.25. The molecule has 0 unspecified atom stereocenters. The highest BCUT2D eigenvalue weighted by molar-refractivity contribution is 5.81. The van der Waals surface area contributed by atoms with Gasteiger partial charge in [-0.1, -0.05) is 60.8 Å². The average Bonchev–Trinajstić information content (AvgIpc) is 1.65. The van der Waals surface area contributed by atoms with Gasteiger partial charge in [0.2, 0.25) is 0 Å². The number of fused-ring (bicyclic) bond motifs is 4. The molecular formula is C85H104N28O8. The minimum atomic E-state index is -0.884. The van der Waals surface area contributed by atoms with Crippen molar-refractivity contribution in [1.82, 2.24) is 137 Å². The molecule has 0 saturated heterocycles. The molecule has 0 amide bonds. The largest absolute Gasteiger partial charge is 0.394 e. The van der Waals surface area contributed by atoms with Crippen LogP contribution in [0.3, 0.4) is 0 Å². The van der Waals surface area contributed by atoms with Crippen LogP contribution >= 0.6 is 0 Å². The predicted molar refractivity (Wildman–Crippen MR) is 449 cm³/mol. The van der Waals surface area contributed by atoms with Crippen molar-refractivity contribution in [3.05, 3.63) is 173 Å². The van der Waals surface area contributed by atoms with E-state index in [1.54, 1.807) is 79.7 Å². The average molecular weight is 1650 g/mol. The fourth-order valence-corrected chi connectivity index (χ4v) is 16.8. The van der Waals surface area contributed by atoms with Crippen LogP contribution in [-0.2, 0) is 19.6 Å². The van der Waals surface area contributed by atoms with Crippen LogP contribution in [0.4, 0.5) is 0 Å². The fraction of sp³-hybridized carbons (Fsp3) is 0.435. The molecule has 36 nitrogen and oxygen atoms in total. The molecule has 16 aromatic heterocycles. The van der Waals surface area contributed by atoms with Gasteiger partial charge >= 0.3 is 0 Å². The first-order chi connectivity index (χ1) is 58.7. The Bertz CT molecular complexity index is 5930. The van der Waals surface area contributed by atoms with Crippen molar-refractivity contribution >= 4 is 22.1 Å². The van der Waals surface area contributed by atoms with Gasteiger partial charge in [0.05, 0.1) is 267 Å². The second kappa shape index (κ2) is 36.0. The van der Waals surface area contributed by atoms with Crippen molar-refractivity contribution in [3.63, 3.8) is 0 Å². The zero-order valence-corrected chi connectivity index (χ0v) is 68.8. The van der Waals surface area contributed by atoms with E-state index in [0.717, 1.165) is 139 Å². The standard InChI is InChI=1S/C22H27N7O2.2C21H25N7O2.C21H27N7O2/c1-22(2)6-3-4-20(22)29-11-16(9-25-29)21-19-5-7-23-28(19)13-18(26-21)15-8-24-27(10-15)12-17(31)14-30;2*1-14-3-2-4-19(14)27-10-16(8-24-27)21-20-5-6-22-28(20)12-18(25-21)15-7-23-26(9-15)11-17(30)13-29;1-4-17(5-2)27-11-16(9-24-27)21-19-6-7-22-28(19)12-18(25-21)15-8-23-26(10-15)14(3)20(30)13-29/h5,7-11,13,17,20,30-31H,3-4,6,12,14H2,1-2H3;2*5-10,12,14,17,19,29-30H,2-4,11,13H2,1H3;6-12,14,17,20,29-30H,4-5,13H2,1-3H3/t17-,20+;14-,17+,19+;14-,17-,19+;14-,20+/m1011/s1. The van der Waals surface area contributed by atoms with E-state index >= 15 is 0 Å². The quantitative estimate of drug-likeness (QED) is 0.0250. The summed E-state index contributed by atoms with van der Waals surface area (Å²) in [6.45, 7) is 14.8. The van der Waals surface area contributed by atoms with Gasteiger partial charge in [0, 0.05) is 94.1 Å². The number of nitrogens with zero attached hydrogens (tertiary/aromatic N) is 28. The van der Waals surface area contributed by atoms with Crippen LogP contribution in [0.25, 0.3) is 112 Å². The number of hydrogen-bond donors (Lipinski definition) is 8. The molecule has 19 rings (SSSR count). The van der Waals surface area contributed by atoms with Crippen molar-refractivity contribution < 1.29 is 40.9 Å². The lowest BCUT2D eigenvalue weighted by Gasteiger charge is -2.27. The maximum Gasteiger partial charge on any atom is 0.0999 e. The first-order valence-corrected chi connectivity index (χ1v) is 41.6. The van der Waals surface area contributed by atoms with Gasteiger partial charge in [0.25, 0.3) is 0 Å². The van der Waals surface area contributed by atoms with E-state index in [4.69, 9.17) is 35.3 Å². The van der Waals surface area contributed by atoms with Crippen LogP contribution in [-0.4, -0.2) is 228 Å². The van der Waals surface area contributed by atoms with Gasteiger partial charge in [0.15, 0.2) is 0 Å². The van der Waals surface area contributed by atoms with Crippen LogP contribution in [0.5, 0.6) is 0 Å². The minimum Gasteiger partial charge on any atom is -0.394 e. The molecule has 10 atom stereocenters. The van der Waals surface area contributed by atoms with E-state index in [-0.39, 0.29) is 57.5 Å². The van der Waals surface area contributed by atoms with E-state index in [1.807, 2.05) is 123 Å². The maximum absolute atomic E-state index is 9.90. The van der Waals surface area contributed by atoms with E-state index in [2.05, 4.69) is 135 Å². The number of aliphatic hydroxyl groups is 8. The van der Waals surface area contributed by atoms with Crippen molar-refractivity contribution in [2.24, 2.45) is 17.3 Å². The normalized spacial score (nSPS) is 18.4. The Kier molecular flexibility index (Phi) is 24.6. The number of rotatable bonds is 26. The van der Waals surface area contributed by atoms with Crippen molar-refractivity contribution in [2.45, 2.75) is 193 Å². The van der Waals surface area contributed by atoms with Crippen molar-refractivity contribution in [3.8, 4) is 90.1 Å². The van der Waals surface area contributed by atoms with Gasteiger partial charge in [-0.2, -0.15) is 61.2 Å². The molecule has 0 aliphatic heterocycles. The Morgan fingerprint density at radius 3 is 1.07 bits per heavy atom. The first kappa shape index (κ1) is 82.5. The van der Waals surface area contributed by atoms with Crippen molar-refractivity contribution in [2.75, 3.05) is 26.4 Å². The van der Waals surface area contributed by atoms with Gasteiger partial charge in [-0.25, -0.2) is 38.0 Å². The van der Waals surface area contributed by atoms with Crippen LogP contribution in [0.15, 0.2) is 173 Å². The summed E-state index contributed by atoms with van der Waals surface area (Å²) in [7, 11) is 0. The summed E-state index contributed by atoms with van der Waals surface area (Å²) >= 11 is 0. The first-order valence-electron chi connectivity index (χ1n) is 41.6. The van der Waals surface area contributed by atoms with E-state index in [1.165, 1.54) is 38.5 Å². The molecular weight excluding hydrogens is 1540 g/mol. The lowest BCUT2D eigenvalue weighted by atomic mass is 9.87. The molecule has 0 aromatic carbocycles. The fourth-order valence-electron chi connectivity index (χ4n) is 16.8. The smallest absolute Gasteiger partial charge is 0.0999 e. The third-order valence-corrected chi connectivity index (χ3v) is 23.9. The topological polar surface area (TPSA) is 425 Å². The third kappa shape index (κ3) is 17.8. The SMILES string of the molecule is CC1(C)CCC[C@@H]1n1cc(-c2nc(-c3cnn(C[C@@H](O)CO)c3)cn3nccc23)cn1.CCC(CC)n1cc(-c2nc(-c3cnn([C@H](C)[C@@H](O)CO)c3)cn3nccc23)cn1.C[C@@H]1CCC[C@@H]1n1cc(-c2nc(-c3cnn(C[C@@H](O)CO)c3)cn3nccc23)cn1.C[C@H]1CCC[C@H]1n1cc(-c2nc(-c3cnn(C[C@@H](O)CO)c3)cn3nccc23)cn1. The van der Waals surface area contributed by atoms with E-state index < -0.39 is 24.4 Å². The van der Waals surface area contributed by atoms with Crippen LogP contribution in [0.2, 0.25) is 0 Å². The number of aromatic nitrogens is 28. The predicted octanol–water partition coefficient (Wildman–Crippen LogP) is 9.63. The summed E-state index contributed by atoms with van der Waals surface area (Å²) in [5, 5.41) is 129. The number of hydrogen-bond acceptors (Lipinski definition) is 24. The van der Waals surface area contributed by atoms with E-state index in [9.17, 15) is 25.5 Å². The summed E-state index contributed by atoms with van der Waals surface area (Å²) < 4.78 is 22.0. The summed E-state index contributed by atoms with van der Waals surface area (Å²) in [5.74, 6) is 1.26. The van der Waals surface area contributed by atoms with Crippen LogP contribution in [0, 0.1) is 17.3 Å². The van der Waals surface area contributed by atoms with Gasteiger partial charge in [0.1, 0.15) is 0 Å². The molecule has 16 heterocycles. The molecule has 121 heavy (non-hydrogen) atoms. The third-order valence-electron chi connectivity index (χ3n) is 23.9. The maximum atomic E-state index is 9.90. The highest BCUT2D eigenvalue weighted by Gasteiger charge is 2.37. The van der Waals surface area contributed by atoms with Gasteiger partial charge in [-0.05, 0) is 99.8 Å². The molecule has 36 heteroatoms. The molecule has 3 aliphatic carbocycles. The monoisotopic (exact) mass is 1640 g/mol. The lowest BCUT2D eigenvalue weighted by molar-refractivity contribution is 0.0535. The van der Waals surface area contributed by atoms with Crippen LogP contribution < -0.4 is 0 Å². The summed E-state index contributed by atoms with van der Waals surface area (Å²) in [5.41, 5.74) is 17.1. The minimum absolute atomic E-state index is 0.220. The van der Waals surface area contributed by atoms with E-state index in [0.29, 0.717) is 41.7 Å². The zero-order valence-electron chi connectivity index (χ0n) is 68.8. The Morgan fingerprint density at radius 2 is 0.711 bits per heavy atom. The molecule has 3 fully saturated rings. The summed E-state index contributed by atoms with van der Waals surface area (Å²) in [6.07, 6.45) is 53.9. The molecule has 632 valence electrons. The van der Waals surface area contributed by atoms with Gasteiger partial charge in [-0.15, -0.1) is 0 Å². The number of aliphatic hydroxyl groups excluding tert-OH is 8. The second-order valence-corrected chi connectivity index (χ2v) is 32.8. The van der Waals surface area contributed by atoms with Crippen molar-refractivity contribution in [1.29, 1.82) is 0 Å². The Hall–Kier alpha value is -12.2. The Morgan fingerprint density at radius 1 is 0.372 bits per heavy atom. The zero-order chi connectivity index (χ0) is 84.2. The molecule has 16 aromatic rings.